The smallest absolute Gasteiger partial charge is 0.0225 e. The maximum Gasteiger partial charge on any atom is 0.0225 e. The van der Waals surface area contributed by atoms with Crippen molar-refractivity contribution in [3.05, 3.63) is 23.0 Å². The van der Waals surface area contributed by atoms with E-state index in [2.05, 4.69) is 48.8 Å². The second-order valence-electron chi connectivity index (χ2n) is 6.91. The molecular formula is C17H29N3. The summed E-state index contributed by atoms with van der Waals surface area (Å²) in [6.45, 7) is 5.45. The Kier molecular flexibility index (Phi) is 3.91. The predicted molar refractivity (Wildman–Crippen MR) is 83.9 cm³/mol. The summed E-state index contributed by atoms with van der Waals surface area (Å²) in [7, 11) is 4.49. The predicted octanol–water partition coefficient (Wildman–Crippen LogP) is 2.75. The molecule has 0 saturated carbocycles. The van der Waals surface area contributed by atoms with Gasteiger partial charge in [-0.05, 0) is 58.2 Å². The van der Waals surface area contributed by atoms with Gasteiger partial charge in [0.2, 0.25) is 0 Å². The number of piperidine rings is 2. The third-order valence-corrected chi connectivity index (χ3v) is 5.80. The Bertz CT molecular complexity index is 463. The van der Waals surface area contributed by atoms with E-state index < -0.39 is 0 Å². The Labute approximate surface area is 123 Å². The highest BCUT2D eigenvalue weighted by atomic mass is 15.2. The Balaban J connectivity index is 1.60. The summed E-state index contributed by atoms with van der Waals surface area (Å²) in [5.74, 6) is 0. The molecule has 3 nitrogen and oxygen atoms in total. The molecule has 0 aliphatic carbocycles. The van der Waals surface area contributed by atoms with Crippen LogP contribution in [-0.4, -0.2) is 34.6 Å². The van der Waals surface area contributed by atoms with Gasteiger partial charge < -0.3 is 14.8 Å². The second-order valence-corrected chi connectivity index (χ2v) is 6.91. The van der Waals surface area contributed by atoms with Crippen molar-refractivity contribution in [1.82, 2.24) is 14.8 Å². The first-order chi connectivity index (χ1) is 9.56. The zero-order chi connectivity index (χ0) is 14.3. The van der Waals surface area contributed by atoms with Crippen LogP contribution in [-0.2, 0) is 13.6 Å². The lowest BCUT2D eigenvalue weighted by Gasteiger charge is -2.47. The quantitative estimate of drug-likeness (QED) is 0.915. The lowest BCUT2D eigenvalue weighted by Crippen LogP contribution is -2.54. The van der Waals surface area contributed by atoms with Crippen LogP contribution >= 0.6 is 0 Å². The van der Waals surface area contributed by atoms with Crippen LogP contribution in [0.25, 0.3) is 0 Å². The fourth-order valence-electron chi connectivity index (χ4n) is 4.15. The molecule has 20 heavy (non-hydrogen) atoms. The van der Waals surface area contributed by atoms with E-state index in [-0.39, 0.29) is 0 Å². The van der Waals surface area contributed by atoms with E-state index in [9.17, 15) is 0 Å². The van der Waals surface area contributed by atoms with Crippen LogP contribution in [0.15, 0.2) is 6.07 Å². The zero-order valence-corrected chi connectivity index (χ0v) is 13.4. The average molecular weight is 275 g/mol. The molecule has 1 aromatic rings. The number of rotatable bonds is 3. The molecule has 1 aromatic heterocycles. The van der Waals surface area contributed by atoms with E-state index in [0.29, 0.717) is 6.04 Å². The molecule has 0 spiro atoms. The number of aryl methyl sites for hydroxylation is 1. The topological polar surface area (TPSA) is 20.2 Å². The fourth-order valence-corrected chi connectivity index (χ4v) is 4.15. The van der Waals surface area contributed by atoms with E-state index in [4.69, 9.17) is 0 Å². The van der Waals surface area contributed by atoms with Crippen LogP contribution in [0.5, 0.6) is 0 Å². The Morgan fingerprint density at radius 3 is 2.35 bits per heavy atom. The van der Waals surface area contributed by atoms with Gasteiger partial charge >= 0.3 is 0 Å². The lowest BCUT2D eigenvalue weighted by atomic mass is 9.82. The standard InChI is InChI=1S/C17H29N3/c1-12-8-14(13(2)19(12)3)11-18-15-9-16-6-5-7-17(10-15)20(16)4/h8,15-18H,5-7,9-11H2,1-4H3. The summed E-state index contributed by atoms with van der Waals surface area (Å²) in [4.78, 5) is 2.64. The molecule has 0 aromatic carbocycles. The molecule has 3 rings (SSSR count). The van der Waals surface area contributed by atoms with Gasteiger partial charge in [0, 0.05) is 43.1 Å². The summed E-state index contributed by atoms with van der Waals surface area (Å²) in [6, 6.07) is 4.68. The largest absolute Gasteiger partial charge is 0.352 e. The van der Waals surface area contributed by atoms with Crippen molar-refractivity contribution in [2.24, 2.45) is 7.05 Å². The van der Waals surface area contributed by atoms with Gasteiger partial charge in [0.25, 0.3) is 0 Å². The third-order valence-electron chi connectivity index (χ3n) is 5.80. The van der Waals surface area contributed by atoms with Crippen molar-refractivity contribution in [2.45, 2.75) is 70.6 Å². The number of aromatic nitrogens is 1. The summed E-state index contributed by atoms with van der Waals surface area (Å²) in [6.07, 6.45) is 6.89. The van der Waals surface area contributed by atoms with Crippen molar-refractivity contribution in [3.8, 4) is 0 Å². The molecule has 3 heterocycles. The summed E-state index contributed by atoms with van der Waals surface area (Å²) < 4.78 is 2.29. The molecule has 2 bridgehead atoms. The van der Waals surface area contributed by atoms with E-state index in [1.54, 1.807) is 0 Å². The van der Waals surface area contributed by atoms with E-state index >= 15 is 0 Å². The highest BCUT2D eigenvalue weighted by Gasteiger charge is 2.35. The molecule has 3 heteroatoms. The molecule has 0 amide bonds. The van der Waals surface area contributed by atoms with Gasteiger partial charge in [-0.15, -0.1) is 0 Å². The van der Waals surface area contributed by atoms with Gasteiger partial charge in [0.15, 0.2) is 0 Å². The van der Waals surface area contributed by atoms with Gasteiger partial charge in [0.05, 0.1) is 0 Å². The van der Waals surface area contributed by atoms with Crippen molar-refractivity contribution < 1.29 is 0 Å². The third kappa shape index (κ3) is 2.53. The second kappa shape index (κ2) is 5.53. The highest BCUT2D eigenvalue weighted by molar-refractivity contribution is 5.26. The minimum Gasteiger partial charge on any atom is -0.352 e. The normalized spacial score (nSPS) is 30.7. The first kappa shape index (κ1) is 14.2. The zero-order valence-electron chi connectivity index (χ0n) is 13.4. The number of nitrogens with zero attached hydrogens (tertiary/aromatic N) is 2. The molecule has 2 fully saturated rings. The summed E-state index contributed by atoms with van der Waals surface area (Å²) in [5, 5.41) is 3.83. The molecule has 2 atom stereocenters. The maximum absolute atomic E-state index is 3.83. The van der Waals surface area contributed by atoms with E-state index in [1.807, 2.05) is 0 Å². The van der Waals surface area contributed by atoms with Crippen LogP contribution in [0.4, 0.5) is 0 Å². The Hall–Kier alpha value is -0.800. The molecular weight excluding hydrogens is 246 g/mol. The lowest BCUT2D eigenvalue weighted by molar-refractivity contribution is 0.0482. The minimum atomic E-state index is 0.710. The van der Waals surface area contributed by atoms with Gasteiger partial charge in [-0.3, -0.25) is 0 Å². The number of hydrogen-bond acceptors (Lipinski definition) is 2. The van der Waals surface area contributed by atoms with Crippen molar-refractivity contribution in [1.29, 1.82) is 0 Å². The van der Waals surface area contributed by atoms with Gasteiger partial charge in [-0.2, -0.15) is 0 Å². The first-order valence-corrected chi connectivity index (χ1v) is 8.13. The Morgan fingerprint density at radius 2 is 1.80 bits per heavy atom. The van der Waals surface area contributed by atoms with Crippen molar-refractivity contribution in [2.75, 3.05) is 7.05 Å². The first-order valence-electron chi connectivity index (χ1n) is 8.13. The molecule has 2 unspecified atom stereocenters. The number of fused-ring (bicyclic) bond motifs is 2. The molecule has 2 aliphatic heterocycles. The summed E-state index contributed by atoms with van der Waals surface area (Å²) in [5.41, 5.74) is 4.23. The van der Waals surface area contributed by atoms with Crippen molar-refractivity contribution in [3.63, 3.8) is 0 Å². The minimum absolute atomic E-state index is 0.710. The molecule has 1 N–H and O–H groups in total. The van der Waals surface area contributed by atoms with Crippen LogP contribution < -0.4 is 5.32 Å². The van der Waals surface area contributed by atoms with Crippen LogP contribution in [0, 0.1) is 13.8 Å². The van der Waals surface area contributed by atoms with E-state index in [1.165, 1.54) is 49.1 Å². The summed E-state index contributed by atoms with van der Waals surface area (Å²) >= 11 is 0. The van der Waals surface area contributed by atoms with Crippen LogP contribution in [0.3, 0.4) is 0 Å². The number of nitrogens with one attached hydrogen (secondary N) is 1. The highest BCUT2D eigenvalue weighted by Crippen LogP contribution is 2.32. The monoisotopic (exact) mass is 275 g/mol. The molecule has 2 saturated heterocycles. The average Bonchev–Trinajstić information content (AvgIpc) is 2.64. The van der Waals surface area contributed by atoms with Gasteiger partial charge in [0.1, 0.15) is 0 Å². The van der Waals surface area contributed by atoms with Crippen molar-refractivity contribution >= 4 is 0 Å². The van der Waals surface area contributed by atoms with Crippen LogP contribution in [0.2, 0.25) is 0 Å². The van der Waals surface area contributed by atoms with E-state index in [0.717, 1.165) is 18.6 Å². The van der Waals surface area contributed by atoms with Gasteiger partial charge in [-0.1, -0.05) is 6.42 Å². The Morgan fingerprint density at radius 1 is 1.15 bits per heavy atom. The molecule has 112 valence electrons. The maximum atomic E-state index is 3.83. The number of hydrogen-bond donors (Lipinski definition) is 1. The fraction of sp³-hybridized carbons (Fsp3) is 0.765. The molecule has 0 radical (unpaired) electrons. The van der Waals surface area contributed by atoms with Crippen LogP contribution in [0.1, 0.15) is 49.1 Å². The SMILES string of the molecule is Cc1cc(CNC2CC3CCCC(C2)N3C)c(C)n1C. The molecule has 2 aliphatic rings. The van der Waals surface area contributed by atoms with Gasteiger partial charge in [-0.25, -0.2) is 0 Å².